The van der Waals surface area contributed by atoms with Gasteiger partial charge in [0.2, 0.25) is 0 Å². The lowest BCUT2D eigenvalue weighted by atomic mass is 10.2. The van der Waals surface area contributed by atoms with Crippen molar-refractivity contribution >= 4 is 17.6 Å². The molecule has 8 heteroatoms. The third kappa shape index (κ3) is 3.42. The van der Waals surface area contributed by atoms with Crippen LogP contribution < -0.4 is 10.6 Å². The minimum Gasteiger partial charge on any atom is -0.472 e. The largest absolute Gasteiger partial charge is 0.472 e. The van der Waals surface area contributed by atoms with Crippen LogP contribution in [0.1, 0.15) is 11.7 Å². The number of nitrogens with zero attached hydrogens (tertiary/aromatic N) is 1. The van der Waals surface area contributed by atoms with E-state index in [0.717, 1.165) is 0 Å². The standard InChI is InChI=1S/C11H11N3O5/c15-8(7-1-3-18-6-7)5-12-10(16)11(17)13-9-2-4-19-14-9/h1-4,6,8,15H,5H2,(H,12,16)(H,13,14,17). The van der Waals surface area contributed by atoms with Crippen molar-refractivity contribution in [2.24, 2.45) is 0 Å². The summed E-state index contributed by atoms with van der Waals surface area (Å²) in [5.41, 5.74) is 0.511. The first kappa shape index (κ1) is 12.8. The van der Waals surface area contributed by atoms with Crippen LogP contribution in [0.4, 0.5) is 5.82 Å². The first-order valence-corrected chi connectivity index (χ1v) is 5.36. The molecule has 100 valence electrons. The van der Waals surface area contributed by atoms with Gasteiger partial charge in [0.25, 0.3) is 0 Å². The molecular weight excluding hydrogens is 254 g/mol. The van der Waals surface area contributed by atoms with E-state index in [0.29, 0.717) is 5.56 Å². The Labute approximate surface area is 107 Å². The normalized spacial score (nSPS) is 11.8. The molecule has 0 aliphatic heterocycles. The average molecular weight is 265 g/mol. The predicted molar refractivity (Wildman–Crippen MR) is 61.8 cm³/mol. The molecular formula is C11H11N3O5. The first-order valence-electron chi connectivity index (χ1n) is 5.36. The molecule has 0 saturated carbocycles. The number of amides is 2. The van der Waals surface area contributed by atoms with Gasteiger partial charge < -0.3 is 19.4 Å². The van der Waals surface area contributed by atoms with Gasteiger partial charge in [-0.05, 0) is 6.07 Å². The summed E-state index contributed by atoms with van der Waals surface area (Å²) in [4.78, 5) is 22.8. The lowest BCUT2D eigenvalue weighted by Gasteiger charge is -2.09. The van der Waals surface area contributed by atoms with Gasteiger partial charge in [0.15, 0.2) is 5.82 Å². The van der Waals surface area contributed by atoms with Gasteiger partial charge in [-0.25, -0.2) is 0 Å². The number of nitrogens with one attached hydrogen (secondary N) is 2. The van der Waals surface area contributed by atoms with E-state index in [9.17, 15) is 14.7 Å². The molecule has 3 N–H and O–H groups in total. The molecule has 8 nitrogen and oxygen atoms in total. The minimum atomic E-state index is -0.942. The van der Waals surface area contributed by atoms with Gasteiger partial charge in [-0.3, -0.25) is 14.9 Å². The fourth-order valence-electron chi connectivity index (χ4n) is 1.30. The van der Waals surface area contributed by atoms with Crippen molar-refractivity contribution in [2.75, 3.05) is 11.9 Å². The molecule has 0 bridgehead atoms. The molecule has 1 atom stereocenters. The minimum absolute atomic E-state index is 0.107. The zero-order chi connectivity index (χ0) is 13.7. The maximum atomic E-state index is 11.4. The average Bonchev–Trinajstić information content (AvgIpc) is 3.07. The predicted octanol–water partition coefficient (Wildman–Crippen LogP) is 0.0559. The van der Waals surface area contributed by atoms with E-state index in [2.05, 4.69) is 20.3 Å². The highest BCUT2D eigenvalue weighted by atomic mass is 16.5. The number of aromatic nitrogens is 1. The van der Waals surface area contributed by atoms with E-state index >= 15 is 0 Å². The van der Waals surface area contributed by atoms with E-state index in [1.165, 1.54) is 24.9 Å². The number of carbonyl (C=O) groups is 2. The van der Waals surface area contributed by atoms with Gasteiger partial charge in [0, 0.05) is 18.2 Å². The van der Waals surface area contributed by atoms with Crippen molar-refractivity contribution in [3.63, 3.8) is 0 Å². The number of aliphatic hydroxyl groups excluding tert-OH is 1. The Balaban J connectivity index is 1.79. The van der Waals surface area contributed by atoms with Crippen LogP contribution >= 0.6 is 0 Å². The van der Waals surface area contributed by atoms with Crippen LogP contribution in [0.15, 0.2) is 39.9 Å². The van der Waals surface area contributed by atoms with Gasteiger partial charge >= 0.3 is 11.8 Å². The molecule has 19 heavy (non-hydrogen) atoms. The summed E-state index contributed by atoms with van der Waals surface area (Å²) in [6.45, 7) is -0.107. The number of hydrogen-bond donors (Lipinski definition) is 3. The topological polar surface area (TPSA) is 118 Å². The molecule has 0 fully saturated rings. The molecule has 1 unspecified atom stereocenters. The van der Waals surface area contributed by atoms with E-state index < -0.39 is 17.9 Å². The van der Waals surface area contributed by atoms with Gasteiger partial charge in [-0.2, -0.15) is 0 Å². The monoisotopic (exact) mass is 265 g/mol. The molecule has 2 heterocycles. The summed E-state index contributed by atoms with van der Waals surface area (Å²) >= 11 is 0. The lowest BCUT2D eigenvalue weighted by molar-refractivity contribution is -0.136. The van der Waals surface area contributed by atoms with E-state index in [4.69, 9.17) is 4.42 Å². The van der Waals surface area contributed by atoms with Crippen LogP contribution in [0, 0.1) is 0 Å². The quantitative estimate of drug-likeness (QED) is 0.672. The maximum Gasteiger partial charge on any atom is 0.314 e. The van der Waals surface area contributed by atoms with Crippen molar-refractivity contribution in [3.8, 4) is 0 Å². The van der Waals surface area contributed by atoms with E-state index in [-0.39, 0.29) is 12.4 Å². The second-order valence-corrected chi connectivity index (χ2v) is 3.62. The van der Waals surface area contributed by atoms with Crippen LogP contribution in [0.5, 0.6) is 0 Å². The highest BCUT2D eigenvalue weighted by molar-refractivity contribution is 6.39. The number of furan rings is 1. The van der Waals surface area contributed by atoms with Crippen LogP contribution in [0.25, 0.3) is 0 Å². The maximum absolute atomic E-state index is 11.4. The van der Waals surface area contributed by atoms with Crippen molar-refractivity contribution in [3.05, 3.63) is 36.5 Å². The Bertz CT molecular complexity index is 535. The van der Waals surface area contributed by atoms with Crippen LogP contribution in [-0.4, -0.2) is 28.6 Å². The van der Waals surface area contributed by atoms with Crippen molar-refractivity contribution < 1.29 is 23.6 Å². The molecule has 2 aromatic heterocycles. The molecule has 2 aromatic rings. The van der Waals surface area contributed by atoms with Crippen molar-refractivity contribution in [1.29, 1.82) is 0 Å². The fraction of sp³-hybridized carbons (Fsp3) is 0.182. The number of anilines is 1. The molecule has 2 amide bonds. The summed E-state index contributed by atoms with van der Waals surface area (Å²) in [7, 11) is 0. The summed E-state index contributed by atoms with van der Waals surface area (Å²) in [5, 5.41) is 17.6. The van der Waals surface area contributed by atoms with Gasteiger partial charge in [-0.15, -0.1) is 0 Å². The Hall–Kier alpha value is -2.61. The summed E-state index contributed by atoms with van der Waals surface area (Å²) in [6.07, 6.45) is 3.07. The van der Waals surface area contributed by atoms with E-state index in [1.807, 2.05) is 0 Å². The number of hydrogen-bond acceptors (Lipinski definition) is 6. The molecule has 2 rings (SSSR count). The SMILES string of the molecule is O=C(NCC(O)c1ccoc1)C(=O)Nc1ccon1. The van der Waals surface area contributed by atoms with E-state index in [1.54, 1.807) is 6.07 Å². The molecule has 0 aliphatic carbocycles. The fourth-order valence-corrected chi connectivity index (χ4v) is 1.30. The second kappa shape index (κ2) is 5.83. The molecule has 0 spiro atoms. The highest BCUT2D eigenvalue weighted by Crippen LogP contribution is 2.11. The third-order valence-electron chi connectivity index (χ3n) is 2.27. The Morgan fingerprint density at radius 2 is 2.16 bits per heavy atom. The van der Waals surface area contributed by atoms with Gasteiger partial charge in [0.05, 0.1) is 18.6 Å². The van der Waals surface area contributed by atoms with Crippen LogP contribution in [0.3, 0.4) is 0 Å². The first-order chi connectivity index (χ1) is 9.16. The Morgan fingerprint density at radius 3 is 2.79 bits per heavy atom. The molecule has 0 radical (unpaired) electrons. The zero-order valence-corrected chi connectivity index (χ0v) is 9.70. The Kier molecular flexibility index (Phi) is 3.94. The van der Waals surface area contributed by atoms with Gasteiger partial charge in [-0.1, -0.05) is 5.16 Å². The number of rotatable bonds is 4. The number of carbonyl (C=O) groups excluding carboxylic acids is 2. The third-order valence-corrected chi connectivity index (χ3v) is 2.27. The summed E-state index contributed by atoms with van der Waals surface area (Å²) < 4.78 is 9.28. The van der Waals surface area contributed by atoms with Crippen LogP contribution in [-0.2, 0) is 9.59 Å². The second-order valence-electron chi connectivity index (χ2n) is 3.62. The molecule has 0 aliphatic rings. The zero-order valence-electron chi connectivity index (χ0n) is 9.70. The molecule has 0 saturated heterocycles. The highest BCUT2D eigenvalue weighted by Gasteiger charge is 2.17. The lowest BCUT2D eigenvalue weighted by Crippen LogP contribution is -2.37. The van der Waals surface area contributed by atoms with Crippen molar-refractivity contribution in [1.82, 2.24) is 10.5 Å². The van der Waals surface area contributed by atoms with Gasteiger partial charge in [0.1, 0.15) is 6.26 Å². The summed E-state index contributed by atoms with van der Waals surface area (Å²) in [5.74, 6) is -1.64. The van der Waals surface area contributed by atoms with Crippen LogP contribution in [0.2, 0.25) is 0 Å². The van der Waals surface area contributed by atoms with Crippen molar-refractivity contribution in [2.45, 2.75) is 6.10 Å². The smallest absolute Gasteiger partial charge is 0.314 e. The molecule has 0 aromatic carbocycles. The number of aliphatic hydroxyl groups is 1. The summed E-state index contributed by atoms with van der Waals surface area (Å²) in [6, 6.07) is 2.96. The Morgan fingerprint density at radius 1 is 1.32 bits per heavy atom.